The molecule has 0 unspecified atom stereocenters. The lowest BCUT2D eigenvalue weighted by atomic mass is 10.1. The number of halogens is 1. The summed E-state index contributed by atoms with van der Waals surface area (Å²) in [6, 6.07) is 11.9. The summed E-state index contributed by atoms with van der Waals surface area (Å²) in [6.07, 6.45) is 2.26. The van der Waals surface area contributed by atoms with Crippen molar-refractivity contribution in [2.24, 2.45) is 0 Å². The van der Waals surface area contributed by atoms with Crippen LogP contribution in [-0.2, 0) is 16.4 Å². The molecule has 0 atom stereocenters. The van der Waals surface area contributed by atoms with Crippen LogP contribution in [0.1, 0.15) is 36.5 Å². The predicted molar refractivity (Wildman–Crippen MR) is 99.0 cm³/mol. The summed E-state index contributed by atoms with van der Waals surface area (Å²) >= 11 is 0. The third kappa shape index (κ3) is 3.09. The second-order valence-electron chi connectivity index (χ2n) is 6.48. The predicted octanol–water partition coefficient (Wildman–Crippen LogP) is 4.98. The second-order valence-corrected chi connectivity index (χ2v) is 8.26. The summed E-state index contributed by atoms with van der Waals surface area (Å²) in [5.74, 6) is -0.672. The maximum absolute atomic E-state index is 15.2. The van der Waals surface area contributed by atoms with Gasteiger partial charge in [0.25, 0.3) is 10.0 Å². The average Bonchev–Trinajstić information content (AvgIpc) is 2.85. The summed E-state index contributed by atoms with van der Waals surface area (Å²) in [6.45, 7) is 5.84. The van der Waals surface area contributed by atoms with Crippen LogP contribution in [0.2, 0.25) is 0 Å². The van der Waals surface area contributed by atoms with Gasteiger partial charge < -0.3 is 0 Å². The van der Waals surface area contributed by atoms with Gasteiger partial charge in [-0.1, -0.05) is 42.7 Å². The van der Waals surface area contributed by atoms with E-state index in [2.05, 4.69) is 0 Å². The van der Waals surface area contributed by atoms with E-state index in [1.54, 1.807) is 18.2 Å². The Kier molecular flexibility index (Phi) is 4.69. The molecule has 2 aromatic carbocycles. The highest BCUT2D eigenvalue weighted by atomic mass is 32.2. The van der Waals surface area contributed by atoms with Crippen molar-refractivity contribution in [3.05, 3.63) is 65.1 Å². The maximum atomic E-state index is 15.2. The minimum atomic E-state index is -3.99. The van der Waals surface area contributed by atoms with E-state index in [9.17, 15) is 8.42 Å². The molecule has 0 saturated heterocycles. The van der Waals surface area contributed by atoms with Crippen molar-refractivity contribution >= 4 is 20.9 Å². The minimum Gasteiger partial charge on any atom is -0.208 e. The van der Waals surface area contributed by atoms with Gasteiger partial charge in [-0.25, -0.2) is 12.4 Å². The first-order valence-corrected chi connectivity index (χ1v) is 9.92. The molecule has 0 N–H and O–H groups in total. The van der Waals surface area contributed by atoms with E-state index < -0.39 is 16.0 Å². The lowest BCUT2D eigenvalue weighted by Crippen LogP contribution is -2.15. The smallest absolute Gasteiger partial charge is 0.208 e. The van der Waals surface area contributed by atoms with Gasteiger partial charge in [-0.2, -0.15) is 4.39 Å². The fourth-order valence-electron chi connectivity index (χ4n) is 3.05. The van der Waals surface area contributed by atoms with Crippen molar-refractivity contribution in [3.63, 3.8) is 0 Å². The topological polar surface area (TPSA) is 39.1 Å². The second kappa shape index (κ2) is 6.64. The highest BCUT2D eigenvalue weighted by Gasteiger charge is 2.27. The summed E-state index contributed by atoms with van der Waals surface area (Å²) in [5, 5.41) is 0.682. The Morgan fingerprint density at radius 1 is 1.00 bits per heavy atom. The van der Waals surface area contributed by atoms with E-state index in [1.165, 1.54) is 12.1 Å². The molecule has 1 heterocycles. The molecule has 132 valence electrons. The first-order valence-electron chi connectivity index (χ1n) is 8.48. The van der Waals surface area contributed by atoms with Crippen LogP contribution in [0, 0.1) is 19.8 Å². The molecule has 0 radical (unpaired) electrons. The number of unbranched alkanes of at least 4 members (excludes halogenated alkanes) is 1. The Morgan fingerprint density at radius 3 is 2.28 bits per heavy atom. The highest BCUT2D eigenvalue weighted by Crippen LogP contribution is 2.31. The number of rotatable bonds is 5. The maximum Gasteiger partial charge on any atom is 0.270 e. The van der Waals surface area contributed by atoms with Gasteiger partial charge in [0.1, 0.15) is 0 Å². The third-order valence-electron chi connectivity index (χ3n) is 4.46. The molecule has 0 aliphatic rings. The zero-order valence-electron chi connectivity index (χ0n) is 14.7. The lowest BCUT2D eigenvalue weighted by molar-refractivity contribution is 0.535. The summed E-state index contributed by atoms with van der Waals surface area (Å²) in [7, 11) is -3.99. The zero-order valence-corrected chi connectivity index (χ0v) is 15.5. The summed E-state index contributed by atoms with van der Waals surface area (Å²) in [5.41, 5.74) is 2.82. The van der Waals surface area contributed by atoms with Crippen molar-refractivity contribution in [2.45, 2.75) is 44.9 Å². The minimum absolute atomic E-state index is 0.0940. The van der Waals surface area contributed by atoms with E-state index in [1.807, 2.05) is 32.9 Å². The molecule has 0 aliphatic carbocycles. The molecule has 0 fully saturated rings. The largest absolute Gasteiger partial charge is 0.270 e. The van der Waals surface area contributed by atoms with E-state index in [4.69, 9.17) is 0 Å². The van der Waals surface area contributed by atoms with Crippen LogP contribution in [0.25, 0.3) is 10.9 Å². The zero-order chi connectivity index (χ0) is 18.2. The van der Waals surface area contributed by atoms with E-state index in [0.717, 1.165) is 27.9 Å². The molecule has 25 heavy (non-hydrogen) atoms. The van der Waals surface area contributed by atoms with Gasteiger partial charge in [-0.05, 0) is 51.0 Å². The molecule has 5 heteroatoms. The average molecular weight is 359 g/mol. The molecular formula is C20H22FNO2S. The molecule has 3 rings (SSSR count). The number of benzene rings is 2. The van der Waals surface area contributed by atoms with Crippen molar-refractivity contribution in [2.75, 3.05) is 0 Å². The fraction of sp³-hybridized carbons (Fsp3) is 0.300. The SMILES string of the molecule is CCCCc1c(F)n(S(=O)(=O)c2ccc(C)cc2)c2ccc(C)cc12. The number of fused-ring (bicyclic) bond motifs is 1. The number of aryl methyl sites for hydroxylation is 3. The number of hydrogen-bond acceptors (Lipinski definition) is 2. The van der Waals surface area contributed by atoms with Gasteiger partial charge in [-0.3, -0.25) is 0 Å². The first kappa shape index (κ1) is 17.7. The fourth-order valence-corrected chi connectivity index (χ4v) is 4.48. The molecule has 0 amide bonds. The Balaban J connectivity index is 2.28. The highest BCUT2D eigenvalue weighted by molar-refractivity contribution is 7.90. The van der Waals surface area contributed by atoms with Crippen molar-refractivity contribution in [3.8, 4) is 0 Å². The Hall–Kier alpha value is -2.14. The lowest BCUT2D eigenvalue weighted by Gasteiger charge is -2.09. The monoisotopic (exact) mass is 359 g/mol. The molecule has 3 nitrogen and oxygen atoms in total. The Bertz CT molecular complexity index is 1020. The molecule has 0 aliphatic heterocycles. The quantitative estimate of drug-likeness (QED) is 0.645. The summed E-state index contributed by atoms with van der Waals surface area (Å²) < 4.78 is 42.2. The van der Waals surface area contributed by atoms with E-state index >= 15 is 4.39 Å². The van der Waals surface area contributed by atoms with Crippen LogP contribution in [-0.4, -0.2) is 12.4 Å². The number of aromatic nitrogens is 1. The third-order valence-corrected chi connectivity index (χ3v) is 6.17. The molecule has 0 spiro atoms. The van der Waals surface area contributed by atoms with Crippen LogP contribution in [0.15, 0.2) is 47.4 Å². The van der Waals surface area contributed by atoms with Crippen LogP contribution >= 0.6 is 0 Å². The van der Waals surface area contributed by atoms with Gasteiger partial charge >= 0.3 is 0 Å². The van der Waals surface area contributed by atoms with Gasteiger partial charge in [0.2, 0.25) is 5.95 Å². The molecule has 0 bridgehead atoms. The van der Waals surface area contributed by atoms with Crippen LogP contribution in [0.5, 0.6) is 0 Å². The molecule has 0 saturated carbocycles. The van der Waals surface area contributed by atoms with E-state index in [0.29, 0.717) is 22.9 Å². The van der Waals surface area contributed by atoms with Crippen molar-refractivity contribution in [1.29, 1.82) is 0 Å². The van der Waals surface area contributed by atoms with Crippen LogP contribution in [0.3, 0.4) is 0 Å². The Morgan fingerprint density at radius 2 is 1.64 bits per heavy atom. The van der Waals surface area contributed by atoms with Crippen LogP contribution < -0.4 is 0 Å². The van der Waals surface area contributed by atoms with Gasteiger partial charge in [0.15, 0.2) is 0 Å². The van der Waals surface area contributed by atoms with Gasteiger partial charge in [0.05, 0.1) is 10.4 Å². The standard InChI is InChI=1S/C20H22FNO2S/c1-4-5-6-17-18-13-15(3)9-12-19(18)22(20(17)21)25(23,24)16-10-7-14(2)8-11-16/h7-13H,4-6H2,1-3H3. The molecule has 1 aromatic heterocycles. The van der Waals surface area contributed by atoms with Gasteiger partial charge in [0, 0.05) is 10.9 Å². The Labute approximate surface area is 148 Å². The molecule has 3 aromatic rings. The van der Waals surface area contributed by atoms with Crippen molar-refractivity contribution < 1.29 is 12.8 Å². The van der Waals surface area contributed by atoms with Crippen molar-refractivity contribution in [1.82, 2.24) is 3.97 Å². The van der Waals surface area contributed by atoms with E-state index in [-0.39, 0.29) is 4.90 Å². The summed E-state index contributed by atoms with van der Waals surface area (Å²) in [4.78, 5) is 0.0940. The normalized spacial score (nSPS) is 12.0. The first-order chi connectivity index (χ1) is 11.9. The number of nitrogens with zero attached hydrogens (tertiary/aromatic N) is 1. The van der Waals surface area contributed by atoms with Crippen LogP contribution in [0.4, 0.5) is 4.39 Å². The number of hydrogen-bond donors (Lipinski definition) is 0. The molecular weight excluding hydrogens is 337 g/mol. The van der Waals surface area contributed by atoms with Gasteiger partial charge in [-0.15, -0.1) is 0 Å².